The van der Waals surface area contributed by atoms with Gasteiger partial charge in [0.25, 0.3) is 5.91 Å². The Labute approximate surface area is 156 Å². The molecule has 0 spiro atoms. The number of anilines is 1. The highest BCUT2D eigenvalue weighted by atomic mass is 16.5. The van der Waals surface area contributed by atoms with Gasteiger partial charge in [-0.05, 0) is 25.1 Å². The zero-order chi connectivity index (χ0) is 19.2. The Morgan fingerprint density at radius 1 is 1.37 bits per heavy atom. The first-order valence-electron chi connectivity index (χ1n) is 8.44. The number of nitrogen functional groups attached to an aromatic ring is 1. The minimum Gasteiger partial charge on any atom is -0.497 e. The Hall–Kier alpha value is -3.49. The van der Waals surface area contributed by atoms with E-state index in [1.54, 1.807) is 49.2 Å². The second-order valence-corrected chi connectivity index (χ2v) is 5.97. The Kier molecular flexibility index (Phi) is 5.60. The Balaban J connectivity index is 1.52. The van der Waals surface area contributed by atoms with E-state index in [0.29, 0.717) is 42.5 Å². The van der Waals surface area contributed by atoms with Gasteiger partial charge < -0.3 is 15.8 Å². The standard InChI is InChI=1S/C18H21N7O2/c1-12-21-9-14(17(19)22-12)10-25-11-15(23-24-25)6-7-20-18(26)13-4-3-5-16(8-13)27-2/h3-5,8-9,11H,6-7,10H2,1-2H3,(H,20,26)(H2,19,21,22). The van der Waals surface area contributed by atoms with Gasteiger partial charge in [0.1, 0.15) is 17.4 Å². The van der Waals surface area contributed by atoms with Crippen LogP contribution in [0.25, 0.3) is 0 Å². The summed E-state index contributed by atoms with van der Waals surface area (Å²) in [5, 5.41) is 11.1. The van der Waals surface area contributed by atoms with E-state index in [1.807, 2.05) is 6.20 Å². The van der Waals surface area contributed by atoms with Crippen LogP contribution in [0.4, 0.5) is 5.82 Å². The average Bonchev–Trinajstić information content (AvgIpc) is 3.11. The number of nitrogens with zero attached hydrogens (tertiary/aromatic N) is 5. The first-order chi connectivity index (χ1) is 13.0. The van der Waals surface area contributed by atoms with Crippen molar-refractivity contribution in [3.8, 4) is 5.75 Å². The number of ether oxygens (including phenoxy) is 1. The lowest BCUT2D eigenvalue weighted by molar-refractivity contribution is 0.0953. The third-order valence-electron chi connectivity index (χ3n) is 3.94. The van der Waals surface area contributed by atoms with Crippen LogP contribution in [-0.4, -0.2) is 44.5 Å². The van der Waals surface area contributed by atoms with Crippen molar-refractivity contribution < 1.29 is 9.53 Å². The summed E-state index contributed by atoms with van der Waals surface area (Å²) in [6.45, 7) is 2.67. The molecule has 0 bridgehead atoms. The first-order valence-corrected chi connectivity index (χ1v) is 8.44. The maximum atomic E-state index is 12.2. The fourth-order valence-electron chi connectivity index (χ4n) is 2.51. The van der Waals surface area contributed by atoms with Crippen molar-refractivity contribution in [1.82, 2.24) is 30.3 Å². The number of rotatable bonds is 7. The fraction of sp³-hybridized carbons (Fsp3) is 0.278. The van der Waals surface area contributed by atoms with Crippen molar-refractivity contribution in [3.63, 3.8) is 0 Å². The average molecular weight is 367 g/mol. The molecule has 0 aliphatic rings. The number of carbonyl (C=O) groups excluding carboxylic acids is 1. The van der Waals surface area contributed by atoms with E-state index in [-0.39, 0.29) is 5.91 Å². The molecule has 140 valence electrons. The van der Waals surface area contributed by atoms with Crippen LogP contribution in [0, 0.1) is 6.92 Å². The Morgan fingerprint density at radius 2 is 2.22 bits per heavy atom. The monoisotopic (exact) mass is 367 g/mol. The van der Waals surface area contributed by atoms with Crippen molar-refractivity contribution in [3.05, 3.63) is 59.3 Å². The molecule has 0 atom stereocenters. The minimum atomic E-state index is -0.161. The molecule has 0 fully saturated rings. The predicted octanol–water partition coefficient (Wildman–Crippen LogP) is 0.988. The number of amides is 1. The van der Waals surface area contributed by atoms with Crippen molar-refractivity contribution in [2.45, 2.75) is 19.9 Å². The van der Waals surface area contributed by atoms with Crippen molar-refractivity contribution in [1.29, 1.82) is 0 Å². The van der Waals surface area contributed by atoms with Gasteiger partial charge in [-0.25, -0.2) is 14.6 Å². The lowest BCUT2D eigenvalue weighted by Gasteiger charge is -2.06. The van der Waals surface area contributed by atoms with E-state index in [2.05, 4.69) is 25.6 Å². The molecule has 0 saturated heterocycles. The number of hydrogen-bond acceptors (Lipinski definition) is 7. The molecule has 2 heterocycles. The van der Waals surface area contributed by atoms with Crippen LogP contribution in [0.15, 0.2) is 36.7 Å². The summed E-state index contributed by atoms with van der Waals surface area (Å²) in [4.78, 5) is 20.5. The van der Waals surface area contributed by atoms with Crippen LogP contribution in [0.2, 0.25) is 0 Å². The molecule has 27 heavy (non-hydrogen) atoms. The van der Waals surface area contributed by atoms with E-state index in [9.17, 15) is 4.79 Å². The normalized spacial score (nSPS) is 10.6. The highest BCUT2D eigenvalue weighted by Gasteiger charge is 2.08. The summed E-state index contributed by atoms with van der Waals surface area (Å²) in [7, 11) is 1.57. The van der Waals surface area contributed by atoms with Gasteiger partial charge in [0.15, 0.2) is 0 Å². The van der Waals surface area contributed by atoms with E-state index in [1.165, 1.54) is 0 Å². The smallest absolute Gasteiger partial charge is 0.251 e. The highest BCUT2D eigenvalue weighted by molar-refractivity contribution is 5.94. The second-order valence-electron chi connectivity index (χ2n) is 5.97. The zero-order valence-electron chi connectivity index (χ0n) is 15.2. The van der Waals surface area contributed by atoms with Gasteiger partial charge in [-0.15, -0.1) is 5.10 Å². The molecule has 0 saturated carbocycles. The van der Waals surface area contributed by atoms with E-state index >= 15 is 0 Å². The van der Waals surface area contributed by atoms with Gasteiger partial charge in [0, 0.05) is 36.5 Å². The molecule has 2 aromatic heterocycles. The highest BCUT2D eigenvalue weighted by Crippen LogP contribution is 2.12. The van der Waals surface area contributed by atoms with Crippen LogP contribution < -0.4 is 15.8 Å². The largest absolute Gasteiger partial charge is 0.497 e. The lowest BCUT2D eigenvalue weighted by atomic mass is 10.2. The van der Waals surface area contributed by atoms with E-state index < -0.39 is 0 Å². The zero-order valence-corrected chi connectivity index (χ0v) is 15.2. The lowest BCUT2D eigenvalue weighted by Crippen LogP contribution is -2.25. The quantitative estimate of drug-likeness (QED) is 0.639. The molecule has 9 heteroatoms. The molecule has 3 rings (SSSR count). The van der Waals surface area contributed by atoms with Crippen molar-refractivity contribution in [2.75, 3.05) is 19.4 Å². The SMILES string of the molecule is COc1cccc(C(=O)NCCc2cn(Cc3cnc(C)nc3N)nn2)c1. The number of benzene rings is 1. The fourth-order valence-corrected chi connectivity index (χ4v) is 2.51. The summed E-state index contributed by atoms with van der Waals surface area (Å²) in [5.41, 5.74) is 8.00. The van der Waals surface area contributed by atoms with Gasteiger partial charge in [-0.3, -0.25) is 4.79 Å². The third-order valence-corrected chi connectivity index (χ3v) is 3.94. The molecule has 1 amide bonds. The number of aromatic nitrogens is 5. The predicted molar refractivity (Wildman–Crippen MR) is 99.3 cm³/mol. The summed E-state index contributed by atoms with van der Waals surface area (Å²) >= 11 is 0. The number of carbonyl (C=O) groups is 1. The number of nitrogens with one attached hydrogen (secondary N) is 1. The molecule has 0 unspecified atom stereocenters. The molecule has 3 aromatic rings. The number of methoxy groups -OCH3 is 1. The topological polar surface area (TPSA) is 121 Å². The molecule has 9 nitrogen and oxygen atoms in total. The van der Waals surface area contributed by atoms with E-state index in [0.717, 1.165) is 11.3 Å². The number of hydrogen-bond donors (Lipinski definition) is 2. The summed E-state index contributed by atoms with van der Waals surface area (Å²) in [6.07, 6.45) is 4.07. The summed E-state index contributed by atoms with van der Waals surface area (Å²) in [6, 6.07) is 7.00. The van der Waals surface area contributed by atoms with Crippen LogP contribution in [-0.2, 0) is 13.0 Å². The molecule has 0 aliphatic carbocycles. The van der Waals surface area contributed by atoms with Crippen LogP contribution in [0.1, 0.15) is 27.4 Å². The van der Waals surface area contributed by atoms with Gasteiger partial charge in [0.2, 0.25) is 0 Å². The summed E-state index contributed by atoms with van der Waals surface area (Å²) < 4.78 is 6.80. The molecular formula is C18H21N7O2. The van der Waals surface area contributed by atoms with Gasteiger partial charge in [0.05, 0.1) is 19.3 Å². The number of nitrogens with two attached hydrogens (primary N) is 1. The Bertz CT molecular complexity index is 939. The third kappa shape index (κ3) is 4.78. The summed E-state index contributed by atoms with van der Waals surface area (Å²) in [5.74, 6) is 1.54. The molecule has 1 aromatic carbocycles. The second kappa shape index (κ2) is 8.26. The van der Waals surface area contributed by atoms with Gasteiger partial charge >= 0.3 is 0 Å². The molecule has 3 N–H and O–H groups in total. The Morgan fingerprint density at radius 3 is 3.00 bits per heavy atom. The molecule has 0 radical (unpaired) electrons. The number of aryl methyl sites for hydroxylation is 1. The van der Waals surface area contributed by atoms with Crippen LogP contribution in [0.3, 0.4) is 0 Å². The molecule has 0 aliphatic heterocycles. The molecular weight excluding hydrogens is 346 g/mol. The maximum Gasteiger partial charge on any atom is 0.251 e. The van der Waals surface area contributed by atoms with Crippen LogP contribution in [0.5, 0.6) is 5.75 Å². The first kappa shape index (κ1) is 18.3. The van der Waals surface area contributed by atoms with E-state index in [4.69, 9.17) is 10.5 Å². The van der Waals surface area contributed by atoms with Gasteiger partial charge in [-0.2, -0.15) is 0 Å². The minimum absolute atomic E-state index is 0.161. The van der Waals surface area contributed by atoms with Crippen molar-refractivity contribution >= 4 is 11.7 Å². The van der Waals surface area contributed by atoms with Crippen LogP contribution >= 0.6 is 0 Å². The van der Waals surface area contributed by atoms with Gasteiger partial charge in [-0.1, -0.05) is 11.3 Å². The van der Waals surface area contributed by atoms with Crippen molar-refractivity contribution in [2.24, 2.45) is 0 Å². The maximum absolute atomic E-state index is 12.2.